The van der Waals surface area contributed by atoms with Crippen LogP contribution in [-0.2, 0) is 28.6 Å². The Bertz CT molecular complexity index is 1750. The second-order valence-electron chi connectivity index (χ2n) is 13.7. The van der Waals surface area contributed by atoms with Crippen molar-refractivity contribution in [1.29, 1.82) is 0 Å². The zero-order valence-electron chi connectivity index (χ0n) is 32.2. The minimum Gasteiger partial charge on any atom is -0.507 e. The molecule has 9 atom stereocenters. The summed E-state index contributed by atoms with van der Waals surface area (Å²) >= 11 is 0. The number of esters is 1. The van der Waals surface area contributed by atoms with E-state index in [1.807, 2.05) is 0 Å². The predicted octanol–water partition coefficient (Wildman–Crippen LogP) is 4.07. The van der Waals surface area contributed by atoms with Gasteiger partial charge in [0.15, 0.2) is 5.78 Å². The largest absolute Gasteiger partial charge is 0.507 e. The third kappa shape index (κ3) is 9.39. The lowest BCUT2D eigenvalue weighted by Crippen LogP contribution is -2.46. The van der Waals surface area contributed by atoms with Crippen LogP contribution in [0.3, 0.4) is 0 Å². The van der Waals surface area contributed by atoms with Crippen LogP contribution < -0.4 is 15.5 Å². The number of methoxy groups -OCH3 is 1. The minimum atomic E-state index is -2.09. The number of hydroxylamine groups is 1. The summed E-state index contributed by atoms with van der Waals surface area (Å²) in [6.45, 7) is 12.3. The Morgan fingerprint density at radius 2 is 1.65 bits per heavy atom. The summed E-state index contributed by atoms with van der Waals surface area (Å²) < 4.78 is 23.3. The normalized spacial score (nSPS) is 32.9. The number of hydrogen-bond acceptors (Lipinski definition) is 14. The fraction of sp³-hybridized carbons (Fsp3) is 0.487. The molecule has 2 aliphatic heterocycles. The van der Waals surface area contributed by atoms with Crippen LogP contribution in [0.4, 0.5) is 0 Å². The Balaban J connectivity index is 2.25. The van der Waals surface area contributed by atoms with Crippen molar-refractivity contribution in [3.63, 3.8) is 0 Å². The number of aliphatic hydroxyl groups excluding tert-OH is 3. The standard InChI is InChI=1S/C39H52N2O13/c1-19-12-11-13-20(2)38(49)40-18-27(44)30-29(26(43)14-16-41-51-10)31-36(24(6)34(30)47)54-39(8,37(31)48)52-17-15-28(50-9)21(3)35(53-25(7)42)23(5)33(46)22(4)32(19)45/h11-19,21-23,28,32-33,35,41,44-47H,1-10H3,(H,40,49)/b12-11+,16-14?,17-15+,20-13-,27-18-/t19-,21+,22+,23+,28-,32-,33+,35+,39-/m0/s1. The van der Waals surface area contributed by atoms with Crippen molar-refractivity contribution in [2.75, 3.05) is 14.2 Å². The average molecular weight is 757 g/mol. The fourth-order valence-corrected chi connectivity index (χ4v) is 6.51. The van der Waals surface area contributed by atoms with Gasteiger partial charge < -0.3 is 44.7 Å². The van der Waals surface area contributed by atoms with Gasteiger partial charge in [-0.3, -0.25) is 29.5 Å². The van der Waals surface area contributed by atoms with Crippen molar-refractivity contribution in [1.82, 2.24) is 10.8 Å². The SMILES string of the molecule is CONC=CC(=O)c1c2c3c(C)c(O)c1/C(O)=C/NC(=O)/C(C)=C\C=C\[C@H](C)[C@H](O)[C@@H](C)[C@@H](O)[C@@H](C)[C@H](OC(C)=O)[C@H](C)[C@@H](OC)/C=C/O[C@@](C)(O3)C2=O. The maximum absolute atomic E-state index is 14.2. The van der Waals surface area contributed by atoms with Gasteiger partial charge in [0, 0.05) is 74.2 Å². The van der Waals surface area contributed by atoms with Crippen LogP contribution >= 0.6 is 0 Å². The van der Waals surface area contributed by atoms with Crippen molar-refractivity contribution in [3.05, 3.63) is 76.9 Å². The van der Waals surface area contributed by atoms with Gasteiger partial charge in [0.2, 0.25) is 0 Å². The molecule has 15 nitrogen and oxygen atoms in total. The zero-order valence-corrected chi connectivity index (χ0v) is 32.2. The molecule has 0 radical (unpaired) electrons. The molecule has 0 aromatic heterocycles. The monoisotopic (exact) mass is 756 g/mol. The number of phenolic OH excluding ortho intramolecular Hbond substituents is 1. The maximum Gasteiger partial charge on any atom is 0.312 e. The number of phenols is 1. The molecular formula is C39H52N2O13. The van der Waals surface area contributed by atoms with E-state index in [4.69, 9.17) is 23.8 Å². The van der Waals surface area contributed by atoms with E-state index in [9.17, 15) is 39.6 Å². The summed E-state index contributed by atoms with van der Waals surface area (Å²) in [6.07, 6.45) is 6.41. The number of aromatic hydroxyl groups is 1. The summed E-state index contributed by atoms with van der Waals surface area (Å²) in [6, 6.07) is 0. The van der Waals surface area contributed by atoms with Gasteiger partial charge >= 0.3 is 11.8 Å². The number of carbonyl (C=O) groups is 4. The average Bonchev–Trinajstić information content (AvgIpc) is 3.39. The molecule has 296 valence electrons. The molecule has 15 heteroatoms. The number of benzene rings is 1. The molecule has 1 amide bonds. The Morgan fingerprint density at radius 3 is 2.26 bits per heavy atom. The van der Waals surface area contributed by atoms with E-state index in [1.54, 1.807) is 39.8 Å². The van der Waals surface area contributed by atoms with E-state index in [-0.39, 0.29) is 22.4 Å². The number of Topliss-reactive ketones (excluding diaryl/α,β-unsaturated/α-hetero) is 1. The van der Waals surface area contributed by atoms with Crippen molar-refractivity contribution in [3.8, 4) is 11.5 Å². The van der Waals surface area contributed by atoms with Crippen LogP contribution in [0, 0.1) is 30.6 Å². The van der Waals surface area contributed by atoms with E-state index < -0.39 is 100.0 Å². The molecule has 54 heavy (non-hydrogen) atoms. The lowest BCUT2D eigenvalue weighted by atomic mass is 9.78. The van der Waals surface area contributed by atoms with Crippen molar-refractivity contribution in [2.24, 2.45) is 23.7 Å². The highest BCUT2D eigenvalue weighted by atomic mass is 16.7. The number of amides is 1. The van der Waals surface area contributed by atoms with Crippen molar-refractivity contribution >= 4 is 29.2 Å². The number of ketones is 2. The number of hydrogen-bond donors (Lipinski definition) is 6. The number of allylic oxidation sites excluding steroid dienone is 3. The Kier molecular flexibility index (Phi) is 14.8. The quantitative estimate of drug-likeness (QED) is 0.104. The van der Waals surface area contributed by atoms with Crippen LogP contribution in [-0.4, -0.2) is 88.3 Å². The second kappa shape index (κ2) is 18.4. The van der Waals surface area contributed by atoms with Gasteiger partial charge in [-0.2, -0.15) is 0 Å². The van der Waals surface area contributed by atoms with Crippen LogP contribution in [0.2, 0.25) is 0 Å². The molecule has 0 spiro atoms. The highest BCUT2D eigenvalue weighted by molar-refractivity contribution is 6.20. The van der Waals surface area contributed by atoms with E-state index in [0.717, 1.165) is 24.7 Å². The fourth-order valence-electron chi connectivity index (χ4n) is 6.51. The predicted molar refractivity (Wildman–Crippen MR) is 197 cm³/mol. The molecule has 0 fully saturated rings. The summed E-state index contributed by atoms with van der Waals surface area (Å²) in [5.41, 5.74) is 1.33. The molecule has 1 aromatic rings. The van der Waals surface area contributed by atoms with E-state index in [2.05, 4.69) is 10.8 Å². The van der Waals surface area contributed by atoms with Gasteiger partial charge in [-0.05, 0) is 19.9 Å². The molecule has 0 aliphatic carbocycles. The zero-order chi connectivity index (χ0) is 40.7. The molecule has 6 N–H and O–H groups in total. The molecule has 2 aliphatic rings. The molecule has 3 bridgehead atoms. The number of ether oxygens (including phenoxy) is 4. The number of aliphatic hydroxyl groups is 3. The number of carbonyl (C=O) groups excluding carboxylic acids is 4. The Morgan fingerprint density at radius 1 is 0.981 bits per heavy atom. The van der Waals surface area contributed by atoms with E-state index in [0.29, 0.717) is 0 Å². The molecule has 0 saturated carbocycles. The molecule has 1 aromatic carbocycles. The minimum absolute atomic E-state index is 0.0103. The van der Waals surface area contributed by atoms with E-state index >= 15 is 0 Å². The van der Waals surface area contributed by atoms with Crippen LogP contribution in [0.15, 0.2) is 54.6 Å². The van der Waals surface area contributed by atoms with Crippen LogP contribution in [0.1, 0.15) is 80.3 Å². The number of nitrogens with one attached hydrogen (secondary N) is 2. The molecular weight excluding hydrogens is 704 g/mol. The molecule has 0 unspecified atom stereocenters. The second-order valence-corrected chi connectivity index (χ2v) is 13.7. The van der Waals surface area contributed by atoms with Gasteiger partial charge in [0.25, 0.3) is 11.7 Å². The Labute approximate surface area is 314 Å². The number of fused-ring (bicyclic) bond motifs is 2. The summed E-state index contributed by atoms with van der Waals surface area (Å²) in [7, 11) is 2.72. The highest BCUT2D eigenvalue weighted by Crippen LogP contribution is 2.48. The highest BCUT2D eigenvalue weighted by Gasteiger charge is 2.50. The topological polar surface area (TPSA) is 219 Å². The van der Waals surface area contributed by atoms with E-state index in [1.165, 1.54) is 54.1 Å². The van der Waals surface area contributed by atoms with Crippen LogP contribution in [0.5, 0.6) is 11.5 Å². The summed E-state index contributed by atoms with van der Waals surface area (Å²) in [5, 5.41) is 47.6. The smallest absolute Gasteiger partial charge is 0.312 e. The van der Waals surface area contributed by atoms with Gasteiger partial charge in [-0.25, -0.2) is 0 Å². The number of rotatable bonds is 6. The lowest BCUT2D eigenvalue weighted by molar-refractivity contribution is -0.160. The first-order chi connectivity index (χ1) is 25.3. The van der Waals surface area contributed by atoms with Crippen molar-refractivity contribution in [2.45, 2.75) is 85.6 Å². The van der Waals surface area contributed by atoms with Crippen molar-refractivity contribution < 1.29 is 63.4 Å². The van der Waals surface area contributed by atoms with Gasteiger partial charge in [0.05, 0.1) is 48.4 Å². The van der Waals surface area contributed by atoms with Crippen LogP contribution in [0.25, 0.3) is 5.76 Å². The lowest BCUT2D eigenvalue weighted by Gasteiger charge is -2.38. The first kappa shape index (κ1) is 43.4. The molecule has 2 heterocycles. The third-order valence-corrected chi connectivity index (χ3v) is 9.82. The summed E-state index contributed by atoms with van der Waals surface area (Å²) in [4.78, 5) is 57.8. The first-order valence-corrected chi connectivity index (χ1v) is 17.4. The molecule has 0 saturated heterocycles. The molecule has 3 rings (SSSR count). The van der Waals surface area contributed by atoms with Gasteiger partial charge in [0.1, 0.15) is 23.4 Å². The van der Waals surface area contributed by atoms with Gasteiger partial charge in [-0.1, -0.05) is 45.9 Å². The first-order valence-electron chi connectivity index (χ1n) is 17.4. The van der Waals surface area contributed by atoms with Gasteiger partial charge in [-0.15, -0.1) is 0 Å². The summed E-state index contributed by atoms with van der Waals surface area (Å²) in [5.74, 6) is -9.04. The Hall–Kier alpha value is -4.96. The third-order valence-electron chi connectivity index (χ3n) is 9.82. The maximum atomic E-state index is 14.2.